The lowest BCUT2D eigenvalue weighted by atomic mass is 10.2. The van der Waals surface area contributed by atoms with E-state index in [1.807, 2.05) is 24.3 Å². The molecule has 0 fully saturated rings. The molecule has 0 aliphatic rings. The number of para-hydroxylation sites is 2. The Hall–Kier alpha value is -3.52. The lowest BCUT2D eigenvalue weighted by molar-refractivity contribution is 0.482. The average Bonchev–Trinajstić information content (AvgIpc) is 3.05. The van der Waals surface area contributed by atoms with Crippen molar-refractivity contribution < 1.29 is 4.74 Å². The van der Waals surface area contributed by atoms with Crippen LogP contribution in [0.3, 0.4) is 0 Å². The summed E-state index contributed by atoms with van der Waals surface area (Å²) in [5, 5.41) is 2.54. The first kappa shape index (κ1) is 15.7. The highest BCUT2D eigenvalue weighted by Crippen LogP contribution is 2.32. The maximum absolute atomic E-state index is 5.97. The van der Waals surface area contributed by atoms with Crippen molar-refractivity contribution in [3.05, 3.63) is 103 Å². The average molecular weight is 349 g/mol. The zero-order valence-electron chi connectivity index (χ0n) is 15.1. The second-order valence-electron chi connectivity index (χ2n) is 6.78. The molecular formula is C25H19NO. The molecule has 130 valence electrons. The second-order valence-corrected chi connectivity index (χ2v) is 6.78. The van der Waals surface area contributed by atoms with Gasteiger partial charge >= 0.3 is 0 Å². The Balaban J connectivity index is 1.57. The Morgan fingerprint density at radius 3 is 1.59 bits per heavy atom. The van der Waals surface area contributed by atoms with Gasteiger partial charge in [-0.05, 0) is 55.5 Å². The van der Waals surface area contributed by atoms with Crippen LogP contribution in [0.15, 0.2) is 97.1 Å². The summed E-state index contributed by atoms with van der Waals surface area (Å²) in [5.74, 6) is 1.69. The van der Waals surface area contributed by atoms with Crippen molar-refractivity contribution in [2.45, 2.75) is 6.92 Å². The third-order valence-corrected chi connectivity index (χ3v) is 4.93. The Bertz CT molecular complexity index is 1180. The predicted molar refractivity (Wildman–Crippen MR) is 112 cm³/mol. The van der Waals surface area contributed by atoms with Gasteiger partial charge in [-0.3, -0.25) is 0 Å². The van der Waals surface area contributed by atoms with E-state index < -0.39 is 0 Å². The van der Waals surface area contributed by atoms with Gasteiger partial charge in [0, 0.05) is 16.5 Å². The van der Waals surface area contributed by atoms with Gasteiger partial charge in [0.05, 0.1) is 11.0 Å². The lowest BCUT2D eigenvalue weighted by Crippen LogP contribution is -1.93. The molecule has 0 saturated carbocycles. The Kier molecular flexibility index (Phi) is 3.68. The largest absolute Gasteiger partial charge is 0.457 e. The highest BCUT2D eigenvalue weighted by Gasteiger charge is 2.11. The topological polar surface area (TPSA) is 14.2 Å². The molecule has 27 heavy (non-hydrogen) atoms. The summed E-state index contributed by atoms with van der Waals surface area (Å²) in [7, 11) is 0. The van der Waals surface area contributed by atoms with Gasteiger partial charge in [0.1, 0.15) is 11.5 Å². The molecule has 2 nitrogen and oxygen atoms in total. The maximum atomic E-state index is 5.97. The van der Waals surface area contributed by atoms with Crippen molar-refractivity contribution in [2.24, 2.45) is 0 Å². The minimum absolute atomic E-state index is 0.836. The van der Waals surface area contributed by atoms with Crippen LogP contribution in [0, 0.1) is 6.92 Å². The fraction of sp³-hybridized carbons (Fsp3) is 0.0400. The minimum Gasteiger partial charge on any atom is -0.457 e. The van der Waals surface area contributed by atoms with Crippen LogP contribution < -0.4 is 4.74 Å². The van der Waals surface area contributed by atoms with Gasteiger partial charge in [0.15, 0.2) is 0 Å². The van der Waals surface area contributed by atoms with E-state index in [1.54, 1.807) is 0 Å². The normalized spacial score (nSPS) is 11.1. The summed E-state index contributed by atoms with van der Waals surface area (Å²) < 4.78 is 8.28. The number of benzene rings is 4. The van der Waals surface area contributed by atoms with Crippen LogP contribution in [-0.4, -0.2) is 4.57 Å². The number of hydrogen-bond acceptors (Lipinski definition) is 1. The van der Waals surface area contributed by atoms with Gasteiger partial charge in [-0.25, -0.2) is 0 Å². The van der Waals surface area contributed by atoms with Crippen molar-refractivity contribution in [1.29, 1.82) is 0 Å². The van der Waals surface area contributed by atoms with E-state index in [1.165, 1.54) is 27.4 Å². The third-order valence-electron chi connectivity index (χ3n) is 4.93. The van der Waals surface area contributed by atoms with Crippen LogP contribution in [0.5, 0.6) is 11.5 Å². The van der Waals surface area contributed by atoms with E-state index >= 15 is 0 Å². The molecule has 2 heteroatoms. The molecule has 0 amide bonds. The summed E-state index contributed by atoms with van der Waals surface area (Å²) >= 11 is 0. The molecule has 1 heterocycles. The Morgan fingerprint density at radius 2 is 1.04 bits per heavy atom. The van der Waals surface area contributed by atoms with Crippen LogP contribution in [-0.2, 0) is 0 Å². The number of aromatic nitrogens is 1. The molecule has 0 saturated heterocycles. The minimum atomic E-state index is 0.836. The zero-order chi connectivity index (χ0) is 18.2. The second kappa shape index (κ2) is 6.33. The van der Waals surface area contributed by atoms with Gasteiger partial charge in [-0.2, -0.15) is 0 Å². The number of rotatable bonds is 3. The maximum Gasteiger partial charge on any atom is 0.127 e. The molecule has 5 aromatic rings. The molecule has 0 radical (unpaired) electrons. The molecule has 0 bridgehead atoms. The number of fused-ring (bicyclic) bond motifs is 3. The predicted octanol–water partition coefficient (Wildman–Crippen LogP) is 6.88. The molecule has 0 atom stereocenters. The van der Waals surface area contributed by atoms with Crippen molar-refractivity contribution in [2.75, 3.05) is 0 Å². The summed E-state index contributed by atoms with van der Waals surface area (Å²) in [6.07, 6.45) is 0. The summed E-state index contributed by atoms with van der Waals surface area (Å²) in [6.45, 7) is 2.07. The van der Waals surface area contributed by atoms with Crippen LogP contribution >= 0.6 is 0 Å². The number of nitrogens with zero attached hydrogens (tertiary/aromatic N) is 1. The van der Waals surface area contributed by atoms with E-state index in [4.69, 9.17) is 4.74 Å². The summed E-state index contributed by atoms with van der Waals surface area (Å²) in [5.41, 5.74) is 4.78. The molecule has 0 aliphatic carbocycles. The van der Waals surface area contributed by atoms with E-state index in [-0.39, 0.29) is 0 Å². The Labute approximate surface area is 158 Å². The highest BCUT2D eigenvalue weighted by atomic mass is 16.5. The van der Waals surface area contributed by atoms with E-state index in [9.17, 15) is 0 Å². The molecule has 0 N–H and O–H groups in total. The first-order valence-corrected chi connectivity index (χ1v) is 9.13. The van der Waals surface area contributed by atoms with Crippen molar-refractivity contribution in [3.8, 4) is 17.2 Å². The van der Waals surface area contributed by atoms with E-state index in [2.05, 4.69) is 84.3 Å². The van der Waals surface area contributed by atoms with Gasteiger partial charge in [-0.15, -0.1) is 0 Å². The quantitative estimate of drug-likeness (QED) is 0.346. The first-order valence-electron chi connectivity index (χ1n) is 9.13. The smallest absolute Gasteiger partial charge is 0.127 e. The molecule has 1 aromatic heterocycles. The van der Waals surface area contributed by atoms with Crippen LogP contribution in [0.25, 0.3) is 27.5 Å². The van der Waals surface area contributed by atoms with Crippen LogP contribution in [0.2, 0.25) is 0 Å². The molecular weight excluding hydrogens is 330 g/mol. The van der Waals surface area contributed by atoms with Crippen LogP contribution in [0.1, 0.15) is 5.56 Å². The fourth-order valence-electron chi connectivity index (χ4n) is 3.61. The molecule has 0 unspecified atom stereocenters. The standard InChI is InChI=1S/C25H19NO/c1-18-10-14-20(15-11-18)27-21-16-12-19(13-17-21)26-24-8-4-2-6-22(24)23-7-3-5-9-25(23)26/h2-17H,1H3. The van der Waals surface area contributed by atoms with Gasteiger partial charge in [0.2, 0.25) is 0 Å². The van der Waals surface area contributed by atoms with E-state index in [0.717, 1.165) is 17.2 Å². The first-order chi connectivity index (χ1) is 13.3. The van der Waals surface area contributed by atoms with Crippen molar-refractivity contribution >= 4 is 21.8 Å². The summed E-state index contributed by atoms with van der Waals surface area (Å²) in [6, 6.07) is 33.5. The molecule has 0 aliphatic heterocycles. The molecule has 0 spiro atoms. The fourth-order valence-corrected chi connectivity index (χ4v) is 3.61. The molecule has 5 rings (SSSR count). The number of hydrogen-bond donors (Lipinski definition) is 0. The van der Waals surface area contributed by atoms with Gasteiger partial charge < -0.3 is 9.30 Å². The molecule has 4 aromatic carbocycles. The summed E-state index contributed by atoms with van der Waals surface area (Å²) in [4.78, 5) is 0. The monoisotopic (exact) mass is 349 g/mol. The van der Waals surface area contributed by atoms with Crippen molar-refractivity contribution in [3.63, 3.8) is 0 Å². The van der Waals surface area contributed by atoms with E-state index in [0.29, 0.717) is 0 Å². The SMILES string of the molecule is Cc1ccc(Oc2ccc(-n3c4ccccc4c4ccccc43)cc2)cc1. The van der Waals surface area contributed by atoms with Gasteiger partial charge in [-0.1, -0.05) is 54.1 Å². The zero-order valence-corrected chi connectivity index (χ0v) is 15.1. The Morgan fingerprint density at radius 1 is 0.556 bits per heavy atom. The third kappa shape index (κ3) is 2.76. The van der Waals surface area contributed by atoms with Crippen molar-refractivity contribution in [1.82, 2.24) is 4.57 Å². The number of ether oxygens (including phenoxy) is 1. The number of aryl methyl sites for hydroxylation is 1. The van der Waals surface area contributed by atoms with Gasteiger partial charge in [0.25, 0.3) is 0 Å². The lowest BCUT2D eigenvalue weighted by Gasteiger charge is -2.10. The highest BCUT2D eigenvalue weighted by molar-refractivity contribution is 6.09. The van der Waals surface area contributed by atoms with Crippen LogP contribution in [0.4, 0.5) is 0 Å².